The molecule has 0 spiro atoms. The summed E-state index contributed by atoms with van der Waals surface area (Å²) in [6.07, 6.45) is 0. The first-order valence-electron chi connectivity index (χ1n) is 9.32. The molecule has 0 bridgehead atoms. The molecule has 0 aromatic heterocycles. The first kappa shape index (κ1) is 20.3. The van der Waals surface area contributed by atoms with Crippen molar-refractivity contribution in [1.82, 2.24) is 0 Å². The van der Waals surface area contributed by atoms with Crippen LogP contribution in [0.3, 0.4) is 0 Å². The van der Waals surface area contributed by atoms with Crippen LogP contribution in [0.25, 0.3) is 5.57 Å². The molecule has 7 nitrogen and oxygen atoms in total. The van der Waals surface area contributed by atoms with Gasteiger partial charge in [-0.25, -0.2) is 4.90 Å². The zero-order chi connectivity index (χ0) is 22.1. The number of imide groups is 1. The van der Waals surface area contributed by atoms with E-state index in [0.29, 0.717) is 22.0 Å². The van der Waals surface area contributed by atoms with E-state index in [-0.39, 0.29) is 17.0 Å². The van der Waals surface area contributed by atoms with Gasteiger partial charge >= 0.3 is 0 Å². The number of halogens is 1. The Kier molecular flexibility index (Phi) is 5.27. The first-order valence-corrected chi connectivity index (χ1v) is 9.70. The second-order valence-electron chi connectivity index (χ2n) is 6.97. The Balaban J connectivity index is 1.83. The Bertz CT molecular complexity index is 1250. The molecule has 1 aliphatic heterocycles. The third-order valence-corrected chi connectivity index (χ3v) is 5.04. The molecule has 0 aliphatic carbocycles. The Morgan fingerprint density at radius 2 is 1.65 bits per heavy atom. The molecule has 1 aliphatic rings. The molecule has 0 saturated carbocycles. The molecule has 8 heteroatoms. The molecule has 0 saturated heterocycles. The van der Waals surface area contributed by atoms with Gasteiger partial charge in [-0.05, 0) is 60.5 Å². The molecular formula is C23H16ClN3O4. The number of anilines is 2. The van der Waals surface area contributed by atoms with E-state index in [9.17, 15) is 19.7 Å². The summed E-state index contributed by atoms with van der Waals surface area (Å²) in [5.41, 5.74) is 2.45. The molecule has 31 heavy (non-hydrogen) atoms. The number of hydrogen-bond acceptors (Lipinski definition) is 5. The fourth-order valence-electron chi connectivity index (χ4n) is 3.38. The monoisotopic (exact) mass is 433 g/mol. The average Bonchev–Trinajstić information content (AvgIpc) is 2.97. The van der Waals surface area contributed by atoms with E-state index < -0.39 is 16.7 Å². The van der Waals surface area contributed by atoms with Crippen molar-refractivity contribution < 1.29 is 14.5 Å². The minimum atomic E-state index is -0.545. The highest BCUT2D eigenvalue weighted by atomic mass is 35.5. The summed E-state index contributed by atoms with van der Waals surface area (Å²) in [7, 11) is 0. The summed E-state index contributed by atoms with van der Waals surface area (Å²) < 4.78 is 0. The zero-order valence-corrected chi connectivity index (χ0v) is 17.1. The Morgan fingerprint density at radius 1 is 0.935 bits per heavy atom. The summed E-state index contributed by atoms with van der Waals surface area (Å²) in [6.45, 7) is 1.91. The van der Waals surface area contributed by atoms with Gasteiger partial charge in [-0.1, -0.05) is 29.8 Å². The van der Waals surface area contributed by atoms with Crippen LogP contribution in [-0.2, 0) is 9.59 Å². The number of nitrogens with one attached hydrogen (secondary N) is 1. The highest BCUT2D eigenvalue weighted by Gasteiger charge is 2.40. The van der Waals surface area contributed by atoms with Crippen LogP contribution >= 0.6 is 11.6 Å². The van der Waals surface area contributed by atoms with Gasteiger partial charge in [0.05, 0.1) is 16.2 Å². The summed E-state index contributed by atoms with van der Waals surface area (Å²) in [4.78, 5) is 38.2. The zero-order valence-electron chi connectivity index (χ0n) is 16.3. The van der Waals surface area contributed by atoms with Gasteiger partial charge in [0.15, 0.2) is 0 Å². The largest absolute Gasteiger partial charge is 0.350 e. The van der Waals surface area contributed by atoms with Gasteiger partial charge in [0.25, 0.3) is 17.5 Å². The molecule has 3 aromatic rings. The summed E-state index contributed by atoms with van der Waals surface area (Å²) in [5, 5.41) is 14.4. The maximum atomic E-state index is 13.3. The molecular weight excluding hydrogens is 418 g/mol. The van der Waals surface area contributed by atoms with Gasteiger partial charge in [0.1, 0.15) is 5.70 Å². The van der Waals surface area contributed by atoms with E-state index in [0.717, 1.165) is 10.5 Å². The van der Waals surface area contributed by atoms with Gasteiger partial charge < -0.3 is 5.32 Å². The molecule has 0 radical (unpaired) electrons. The number of carbonyl (C=O) groups is 2. The second kappa shape index (κ2) is 8.04. The highest BCUT2D eigenvalue weighted by molar-refractivity contribution is 6.46. The highest BCUT2D eigenvalue weighted by Crippen LogP contribution is 2.35. The number of rotatable bonds is 5. The molecule has 4 rings (SSSR count). The van der Waals surface area contributed by atoms with Crippen LogP contribution in [0.1, 0.15) is 11.1 Å². The third kappa shape index (κ3) is 3.91. The van der Waals surface area contributed by atoms with E-state index in [1.807, 2.05) is 25.1 Å². The topological polar surface area (TPSA) is 92.6 Å². The lowest BCUT2D eigenvalue weighted by Crippen LogP contribution is -2.32. The van der Waals surface area contributed by atoms with Gasteiger partial charge in [-0.3, -0.25) is 19.7 Å². The number of carbonyl (C=O) groups excluding carboxylic acids is 2. The van der Waals surface area contributed by atoms with Crippen LogP contribution in [0.5, 0.6) is 0 Å². The van der Waals surface area contributed by atoms with Crippen molar-refractivity contribution in [3.63, 3.8) is 0 Å². The number of nitro groups is 1. The van der Waals surface area contributed by atoms with Gasteiger partial charge in [-0.15, -0.1) is 0 Å². The Labute approximate surface area is 182 Å². The number of non-ortho nitro benzene ring substituents is 1. The lowest BCUT2D eigenvalue weighted by atomic mass is 10.0. The van der Waals surface area contributed by atoms with Crippen molar-refractivity contribution in [1.29, 1.82) is 0 Å². The van der Waals surface area contributed by atoms with Crippen LogP contribution in [0.4, 0.5) is 17.1 Å². The van der Waals surface area contributed by atoms with E-state index in [1.54, 1.807) is 24.3 Å². The van der Waals surface area contributed by atoms with Crippen LogP contribution in [-0.4, -0.2) is 16.7 Å². The quantitative estimate of drug-likeness (QED) is 0.349. The van der Waals surface area contributed by atoms with Crippen molar-refractivity contribution in [2.45, 2.75) is 6.92 Å². The summed E-state index contributed by atoms with van der Waals surface area (Å²) >= 11 is 6.06. The average molecular weight is 434 g/mol. The Morgan fingerprint density at radius 3 is 2.29 bits per heavy atom. The molecule has 0 atom stereocenters. The minimum Gasteiger partial charge on any atom is -0.350 e. The second-order valence-corrected chi connectivity index (χ2v) is 7.41. The van der Waals surface area contributed by atoms with E-state index in [2.05, 4.69) is 5.32 Å². The van der Waals surface area contributed by atoms with Crippen LogP contribution in [0.2, 0.25) is 5.02 Å². The lowest BCUT2D eigenvalue weighted by molar-refractivity contribution is -0.384. The fraction of sp³-hybridized carbons (Fsp3) is 0.0435. The Hall–Kier alpha value is -3.97. The first-order chi connectivity index (χ1) is 14.8. The van der Waals surface area contributed by atoms with Gasteiger partial charge in [-0.2, -0.15) is 0 Å². The molecule has 1 heterocycles. The maximum Gasteiger partial charge on any atom is 0.282 e. The molecule has 0 fully saturated rings. The molecule has 2 amide bonds. The molecule has 154 valence electrons. The number of aryl methyl sites for hydroxylation is 1. The van der Waals surface area contributed by atoms with Crippen molar-refractivity contribution in [2.75, 3.05) is 10.2 Å². The number of hydrogen-bond donors (Lipinski definition) is 1. The van der Waals surface area contributed by atoms with Crippen molar-refractivity contribution in [2.24, 2.45) is 0 Å². The van der Waals surface area contributed by atoms with E-state index in [1.165, 1.54) is 30.3 Å². The minimum absolute atomic E-state index is 0.0874. The fourth-order valence-corrected chi connectivity index (χ4v) is 3.56. The van der Waals surface area contributed by atoms with Crippen molar-refractivity contribution in [3.05, 3.63) is 105 Å². The molecule has 3 aromatic carbocycles. The summed E-state index contributed by atoms with van der Waals surface area (Å²) in [5.74, 6) is -1.08. The SMILES string of the molecule is Cc1cccc(NC2=C(c3ccc([N+](=O)[O-])cc3)C(=O)N(c3cccc(Cl)c3)C2=O)c1. The molecule has 0 unspecified atom stereocenters. The summed E-state index contributed by atoms with van der Waals surface area (Å²) in [6, 6.07) is 19.3. The number of nitro benzene ring substituents is 1. The predicted molar refractivity (Wildman–Crippen MR) is 119 cm³/mol. The van der Waals surface area contributed by atoms with Crippen LogP contribution in [0, 0.1) is 17.0 Å². The number of benzene rings is 3. The lowest BCUT2D eigenvalue weighted by Gasteiger charge is -2.15. The van der Waals surface area contributed by atoms with Gasteiger partial charge in [0, 0.05) is 22.8 Å². The van der Waals surface area contributed by atoms with Crippen molar-refractivity contribution in [3.8, 4) is 0 Å². The normalized spacial score (nSPS) is 13.7. The molecule has 1 N–H and O–H groups in total. The van der Waals surface area contributed by atoms with Crippen LogP contribution < -0.4 is 10.2 Å². The van der Waals surface area contributed by atoms with Crippen molar-refractivity contribution >= 4 is 46.1 Å². The van der Waals surface area contributed by atoms with E-state index in [4.69, 9.17) is 11.6 Å². The van der Waals surface area contributed by atoms with Crippen LogP contribution in [0.15, 0.2) is 78.5 Å². The van der Waals surface area contributed by atoms with E-state index >= 15 is 0 Å². The standard InChI is InChI=1S/C23H16ClN3O4/c1-14-4-2-6-17(12-14)25-21-20(15-8-10-18(11-9-15)27(30)31)22(28)26(23(21)29)19-7-3-5-16(24)13-19/h2-13,25H,1H3. The predicted octanol–water partition coefficient (Wildman–Crippen LogP) is 4.95. The number of amides is 2. The van der Waals surface area contributed by atoms with Gasteiger partial charge in [0.2, 0.25) is 0 Å². The third-order valence-electron chi connectivity index (χ3n) is 4.80. The maximum absolute atomic E-state index is 13.3. The number of nitrogens with zero attached hydrogens (tertiary/aromatic N) is 2. The smallest absolute Gasteiger partial charge is 0.282 e.